The Morgan fingerprint density at radius 2 is 2.06 bits per heavy atom. The van der Waals surface area contributed by atoms with Crippen LogP contribution in [0.2, 0.25) is 0 Å². The maximum Gasteiger partial charge on any atom is 0.0648 e. The fourth-order valence-corrected chi connectivity index (χ4v) is 1.71. The number of nitrogens with one attached hydrogen (secondary N) is 1. The number of rotatable bonds is 8. The molecule has 0 aliphatic carbocycles. The second-order valence-corrected chi connectivity index (χ2v) is 4.35. The molecule has 0 saturated carbocycles. The molecule has 1 rings (SSSR count). The van der Waals surface area contributed by atoms with Crippen molar-refractivity contribution in [3.63, 3.8) is 0 Å². The van der Waals surface area contributed by atoms with E-state index >= 15 is 0 Å². The molecule has 98 valence electrons. The molecule has 0 unspecified atom stereocenters. The van der Waals surface area contributed by atoms with E-state index in [4.69, 9.17) is 0 Å². The lowest BCUT2D eigenvalue weighted by atomic mass is 9.98. The first-order valence-electron chi connectivity index (χ1n) is 6.18. The van der Waals surface area contributed by atoms with Crippen molar-refractivity contribution < 1.29 is 10.2 Å². The molecule has 17 heavy (non-hydrogen) atoms. The Balaban J connectivity index is 2.62. The fraction of sp³-hybridized carbons (Fsp3) is 0.750. The average molecular weight is 241 g/mol. The highest BCUT2D eigenvalue weighted by atomic mass is 16.3. The van der Waals surface area contributed by atoms with Crippen molar-refractivity contribution >= 4 is 0 Å². The summed E-state index contributed by atoms with van der Waals surface area (Å²) in [5, 5.41) is 26.1. The van der Waals surface area contributed by atoms with Crippen LogP contribution in [0.5, 0.6) is 0 Å². The molecule has 0 fully saturated rings. The molecule has 0 radical (unpaired) electrons. The molecule has 0 aliphatic rings. The summed E-state index contributed by atoms with van der Waals surface area (Å²) in [6, 6.07) is 1.96. The molecule has 3 N–H and O–H groups in total. The van der Waals surface area contributed by atoms with Crippen molar-refractivity contribution in [2.45, 2.75) is 45.3 Å². The molecule has 5 heteroatoms. The van der Waals surface area contributed by atoms with Gasteiger partial charge in [0.15, 0.2) is 0 Å². The van der Waals surface area contributed by atoms with Gasteiger partial charge < -0.3 is 15.5 Å². The first-order valence-corrected chi connectivity index (χ1v) is 6.18. The van der Waals surface area contributed by atoms with E-state index in [1.54, 1.807) is 6.20 Å². The molecule has 0 atom stereocenters. The van der Waals surface area contributed by atoms with Gasteiger partial charge in [-0.05, 0) is 18.9 Å². The summed E-state index contributed by atoms with van der Waals surface area (Å²) in [6.07, 6.45) is 3.49. The van der Waals surface area contributed by atoms with Gasteiger partial charge >= 0.3 is 0 Å². The Hall–Kier alpha value is -0.910. The van der Waals surface area contributed by atoms with E-state index in [-0.39, 0.29) is 13.2 Å². The van der Waals surface area contributed by atoms with Crippen molar-refractivity contribution in [1.29, 1.82) is 0 Å². The molecule has 0 saturated heterocycles. The smallest absolute Gasteiger partial charge is 0.0648 e. The summed E-state index contributed by atoms with van der Waals surface area (Å²) >= 11 is 0. The van der Waals surface area contributed by atoms with Crippen LogP contribution >= 0.6 is 0 Å². The van der Waals surface area contributed by atoms with Crippen LogP contribution in [-0.2, 0) is 13.1 Å². The van der Waals surface area contributed by atoms with E-state index in [1.807, 2.05) is 17.7 Å². The lowest BCUT2D eigenvalue weighted by Crippen LogP contribution is -2.51. The molecular formula is C12H23N3O2. The summed E-state index contributed by atoms with van der Waals surface area (Å²) < 4.78 is 1.95. The summed E-state index contributed by atoms with van der Waals surface area (Å²) in [6.45, 7) is 5.42. The Kier molecular flexibility index (Phi) is 5.61. The minimum absolute atomic E-state index is 0.0675. The second-order valence-electron chi connectivity index (χ2n) is 4.35. The van der Waals surface area contributed by atoms with Crippen LogP contribution in [0, 0.1) is 0 Å². The number of aryl methyl sites for hydroxylation is 1. The lowest BCUT2D eigenvalue weighted by molar-refractivity contribution is 0.0857. The Morgan fingerprint density at radius 1 is 1.35 bits per heavy atom. The van der Waals surface area contributed by atoms with Gasteiger partial charge in [-0.3, -0.25) is 4.68 Å². The third-order valence-corrected chi connectivity index (χ3v) is 3.17. The van der Waals surface area contributed by atoms with Gasteiger partial charge in [-0.1, -0.05) is 13.8 Å². The second kappa shape index (κ2) is 6.74. The predicted molar refractivity (Wildman–Crippen MR) is 66.6 cm³/mol. The zero-order valence-corrected chi connectivity index (χ0v) is 10.7. The highest BCUT2D eigenvalue weighted by Crippen LogP contribution is 2.10. The van der Waals surface area contributed by atoms with E-state index in [9.17, 15) is 10.2 Å². The number of aromatic nitrogens is 2. The molecule has 5 nitrogen and oxygen atoms in total. The van der Waals surface area contributed by atoms with Gasteiger partial charge in [0.1, 0.15) is 0 Å². The summed E-state index contributed by atoms with van der Waals surface area (Å²) in [7, 11) is 0. The van der Waals surface area contributed by atoms with Gasteiger partial charge in [-0.15, -0.1) is 0 Å². The van der Waals surface area contributed by atoms with E-state index in [0.717, 1.165) is 18.7 Å². The van der Waals surface area contributed by atoms with E-state index in [0.29, 0.717) is 13.0 Å². The molecule has 0 bridgehead atoms. The fourth-order valence-electron chi connectivity index (χ4n) is 1.71. The monoisotopic (exact) mass is 241 g/mol. The molecule has 1 aromatic heterocycles. The van der Waals surface area contributed by atoms with Crippen molar-refractivity contribution in [1.82, 2.24) is 15.1 Å². The summed E-state index contributed by atoms with van der Waals surface area (Å²) in [4.78, 5) is 0. The maximum atomic E-state index is 9.33. The van der Waals surface area contributed by atoms with Gasteiger partial charge in [-0.25, -0.2) is 0 Å². The van der Waals surface area contributed by atoms with Gasteiger partial charge in [0, 0.05) is 19.3 Å². The first-order chi connectivity index (χ1) is 8.21. The SMILES string of the molecule is CCCn1nccc1CNC(CC)(CO)CO. The van der Waals surface area contributed by atoms with E-state index < -0.39 is 5.54 Å². The average Bonchev–Trinajstić information content (AvgIpc) is 2.80. The molecular weight excluding hydrogens is 218 g/mol. The normalized spacial score (nSPS) is 12.0. The highest BCUT2D eigenvalue weighted by molar-refractivity contribution is 5.01. The Bertz CT molecular complexity index is 313. The predicted octanol–water partition coefficient (Wildman–Crippen LogP) is 0.516. The largest absolute Gasteiger partial charge is 0.394 e. The van der Waals surface area contributed by atoms with Gasteiger partial charge in [-0.2, -0.15) is 5.10 Å². The van der Waals surface area contributed by atoms with E-state index in [1.165, 1.54) is 0 Å². The van der Waals surface area contributed by atoms with Crippen LogP contribution in [0.4, 0.5) is 0 Å². The van der Waals surface area contributed by atoms with Crippen LogP contribution < -0.4 is 5.32 Å². The highest BCUT2D eigenvalue weighted by Gasteiger charge is 2.25. The van der Waals surface area contributed by atoms with Crippen molar-refractivity contribution in [2.24, 2.45) is 0 Å². The zero-order valence-electron chi connectivity index (χ0n) is 10.7. The number of aliphatic hydroxyl groups is 2. The molecule has 1 heterocycles. The van der Waals surface area contributed by atoms with E-state index in [2.05, 4.69) is 17.3 Å². The number of aliphatic hydroxyl groups excluding tert-OH is 2. The Morgan fingerprint density at radius 3 is 2.59 bits per heavy atom. The molecule has 1 aromatic rings. The van der Waals surface area contributed by atoms with Crippen LogP contribution in [0.15, 0.2) is 12.3 Å². The molecule has 0 spiro atoms. The standard InChI is InChI=1S/C12H23N3O2/c1-3-7-15-11(5-6-14-15)8-13-12(4-2,9-16)10-17/h5-6,13,16-17H,3-4,7-10H2,1-2H3. The third kappa shape index (κ3) is 3.52. The minimum Gasteiger partial charge on any atom is -0.394 e. The Labute approximate surface area is 102 Å². The first kappa shape index (κ1) is 14.2. The molecule has 0 aliphatic heterocycles. The van der Waals surface area contributed by atoms with Gasteiger partial charge in [0.2, 0.25) is 0 Å². The van der Waals surface area contributed by atoms with Gasteiger partial charge in [0.25, 0.3) is 0 Å². The van der Waals surface area contributed by atoms with Crippen LogP contribution in [-0.4, -0.2) is 38.7 Å². The van der Waals surface area contributed by atoms with Crippen molar-refractivity contribution in [3.8, 4) is 0 Å². The quantitative estimate of drug-likeness (QED) is 0.620. The van der Waals surface area contributed by atoms with Crippen molar-refractivity contribution in [2.75, 3.05) is 13.2 Å². The van der Waals surface area contributed by atoms with Crippen LogP contribution in [0.3, 0.4) is 0 Å². The zero-order chi connectivity index (χ0) is 12.7. The topological polar surface area (TPSA) is 70.3 Å². The maximum absolute atomic E-state index is 9.33. The lowest BCUT2D eigenvalue weighted by Gasteiger charge is -2.29. The molecule has 0 aromatic carbocycles. The van der Waals surface area contributed by atoms with Crippen molar-refractivity contribution in [3.05, 3.63) is 18.0 Å². The number of nitrogens with zero attached hydrogens (tertiary/aromatic N) is 2. The third-order valence-electron chi connectivity index (χ3n) is 3.17. The molecule has 0 amide bonds. The van der Waals surface area contributed by atoms with Crippen LogP contribution in [0.1, 0.15) is 32.4 Å². The van der Waals surface area contributed by atoms with Crippen LogP contribution in [0.25, 0.3) is 0 Å². The van der Waals surface area contributed by atoms with Gasteiger partial charge in [0.05, 0.1) is 24.4 Å². The number of hydrogen-bond donors (Lipinski definition) is 3. The summed E-state index contributed by atoms with van der Waals surface area (Å²) in [5.74, 6) is 0. The minimum atomic E-state index is -0.596. The summed E-state index contributed by atoms with van der Waals surface area (Å²) in [5.41, 5.74) is 0.480. The number of hydrogen-bond acceptors (Lipinski definition) is 4.